The van der Waals surface area contributed by atoms with E-state index < -0.39 is 46.9 Å². The molecule has 4 atom stereocenters. The van der Waals surface area contributed by atoms with Crippen LogP contribution in [0.2, 0.25) is 5.02 Å². The van der Waals surface area contributed by atoms with Crippen LogP contribution in [0.25, 0.3) is 54.4 Å². The highest BCUT2D eigenvalue weighted by molar-refractivity contribution is 7.23. The minimum Gasteiger partial charge on any atom is -0.489 e. The van der Waals surface area contributed by atoms with Gasteiger partial charge < -0.3 is 39.4 Å². The number of nitrogen functional groups attached to an aromatic ring is 1. The molecule has 3 N–H and O–H groups in total. The van der Waals surface area contributed by atoms with E-state index in [0.29, 0.717) is 42.0 Å². The Hall–Kier alpha value is -7.82. The number of anilines is 2. The lowest BCUT2D eigenvalue weighted by atomic mass is 9.86. The second-order valence-corrected chi connectivity index (χ2v) is 22.3. The monoisotopic (exact) mass is 1110 g/mol. The Morgan fingerprint density at radius 2 is 1.87 bits per heavy atom. The molecule has 5 aliphatic heterocycles. The number of piperazine rings is 1. The van der Waals surface area contributed by atoms with Crippen molar-refractivity contribution in [3.8, 4) is 46.4 Å². The Kier molecular flexibility index (Phi) is 12.8. The summed E-state index contributed by atoms with van der Waals surface area (Å²) in [7, 11) is 0. The highest BCUT2D eigenvalue weighted by Gasteiger charge is 2.50. The van der Waals surface area contributed by atoms with Crippen LogP contribution >= 0.6 is 22.9 Å². The van der Waals surface area contributed by atoms with Gasteiger partial charge in [-0.1, -0.05) is 38.1 Å². The number of esters is 1. The molecule has 1 amide bonds. The van der Waals surface area contributed by atoms with Crippen LogP contribution in [0.4, 0.5) is 24.0 Å². The average molecular weight is 1110 g/mol. The van der Waals surface area contributed by atoms with Crippen LogP contribution in [0.15, 0.2) is 59.4 Å². The van der Waals surface area contributed by atoms with Crippen molar-refractivity contribution in [2.45, 2.75) is 88.9 Å². The first kappa shape index (κ1) is 51.9. The van der Waals surface area contributed by atoms with Crippen molar-refractivity contribution >= 4 is 77.5 Å². The molecule has 3 aromatic carbocycles. The molecule has 9 heterocycles. The summed E-state index contributed by atoms with van der Waals surface area (Å²) in [6.45, 7) is 8.84. The van der Waals surface area contributed by atoms with Gasteiger partial charge in [0, 0.05) is 71.0 Å². The quantitative estimate of drug-likeness (QED) is 0.0865. The average Bonchev–Trinajstić information content (AvgIpc) is 4.35. The number of hydrogen-bond acceptors (Lipinski definition) is 16. The number of cyclic esters (lactones) is 1. The minimum absolute atomic E-state index is 0.0229. The molecule has 404 valence electrons. The number of benzene rings is 3. The first-order chi connectivity index (χ1) is 38.0. The number of rotatable bonds is 12. The summed E-state index contributed by atoms with van der Waals surface area (Å²) in [6.07, 6.45) is 1.26. The van der Waals surface area contributed by atoms with E-state index in [4.69, 9.17) is 41.5 Å². The zero-order valence-electron chi connectivity index (χ0n) is 42.9. The molecule has 5 aliphatic rings. The van der Waals surface area contributed by atoms with E-state index in [9.17, 15) is 34.4 Å². The highest BCUT2D eigenvalue weighted by atomic mass is 35.5. The van der Waals surface area contributed by atoms with E-state index in [-0.39, 0.29) is 154 Å². The zero-order chi connectivity index (χ0) is 55.4. The number of nitrogens with two attached hydrogens (primary N) is 1. The van der Waals surface area contributed by atoms with Crippen LogP contribution in [-0.4, -0.2) is 110 Å². The lowest BCUT2D eigenvalue weighted by molar-refractivity contribution is -0.172. The number of pyridine rings is 2. The van der Waals surface area contributed by atoms with Crippen LogP contribution in [0.3, 0.4) is 0 Å². The number of fused-ring (bicyclic) bond motifs is 8. The fourth-order valence-corrected chi connectivity index (χ4v) is 13.8. The third-order valence-electron chi connectivity index (χ3n) is 16.5. The van der Waals surface area contributed by atoms with Gasteiger partial charge in [-0.05, 0) is 79.8 Å². The number of nitriles is 2. The van der Waals surface area contributed by atoms with Crippen molar-refractivity contribution in [3.05, 3.63) is 109 Å². The molecule has 0 spiro atoms. The lowest BCUT2D eigenvalue weighted by Gasteiger charge is -2.41. The number of aromatic nitrogens is 4. The number of carbonyl (C=O) groups is 2. The van der Waals surface area contributed by atoms with E-state index in [2.05, 4.69) is 22.5 Å². The minimum atomic E-state index is -1.96. The van der Waals surface area contributed by atoms with Gasteiger partial charge in [0.1, 0.15) is 60.0 Å². The maximum Gasteiger partial charge on any atom is 0.343 e. The van der Waals surface area contributed by atoms with Gasteiger partial charge in [-0.2, -0.15) is 20.5 Å². The van der Waals surface area contributed by atoms with Gasteiger partial charge >= 0.3 is 12.0 Å². The summed E-state index contributed by atoms with van der Waals surface area (Å²) in [5.74, 6) is -2.16. The van der Waals surface area contributed by atoms with Gasteiger partial charge in [-0.3, -0.25) is 14.5 Å². The first-order valence-electron chi connectivity index (χ1n) is 26.0. The maximum atomic E-state index is 17.5. The molecule has 3 saturated heterocycles. The Labute approximate surface area is 458 Å². The Balaban J connectivity index is 0.818. The van der Waals surface area contributed by atoms with Crippen molar-refractivity contribution in [2.75, 3.05) is 56.6 Å². The third kappa shape index (κ3) is 8.22. The third-order valence-corrected chi connectivity index (χ3v) is 17.8. The number of amides is 1. The number of aliphatic hydroxyl groups is 1. The molecule has 7 aromatic rings. The van der Waals surface area contributed by atoms with E-state index in [1.54, 1.807) is 34.6 Å². The molecule has 0 aliphatic carbocycles. The summed E-state index contributed by atoms with van der Waals surface area (Å²) < 4.78 is 67.0. The predicted molar refractivity (Wildman–Crippen MR) is 289 cm³/mol. The van der Waals surface area contributed by atoms with Crippen molar-refractivity contribution in [2.24, 2.45) is 0 Å². The van der Waals surface area contributed by atoms with Crippen LogP contribution in [0, 0.1) is 34.3 Å². The summed E-state index contributed by atoms with van der Waals surface area (Å²) in [6, 6.07) is 14.3. The van der Waals surface area contributed by atoms with Gasteiger partial charge in [0.2, 0.25) is 0 Å². The summed E-state index contributed by atoms with van der Waals surface area (Å²) in [5, 5.41) is 32.6. The molecule has 3 fully saturated rings. The van der Waals surface area contributed by atoms with Crippen LogP contribution in [0.1, 0.15) is 73.8 Å². The topological polar surface area (TPSA) is 226 Å². The Bertz CT molecular complexity index is 3970. The van der Waals surface area contributed by atoms with Gasteiger partial charge in [0.15, 0.2) is 11.4 Å². The molecule has 0 radical (unpaired) electrons. The predicted octanol–water partition coefficient (Wildman–Crippen LogP) is 8.37. The SMILES string of the molecule is C=C(COc1ccc2nc3c(c(CC)c2c1)Cn1c-3cc2c(c1=O)COC(=O)[C@]2(O)CC)C(=O)N1CCN(c2nc(OC[C@@]34CCCN3C[C@H](F)C4)nc3c(F)c(-c4ccc(F)c5sc(N)c(C#N)c45)c(Cl)cc23)C[C@@H]1CC#N. The maximum absolute atomic E-state index is 17.5. The smallest absolute Gasteiger partial charge is 0.343 e. The van der Waals surface area contributed by atoms with E-state index in [1.165, 1.54) is 12.1 Å². The molecule has 79 heavy (non-hydrogen) atoms. The van der Waals surface area contributed by atoms with Gasteiger partial charge in [-0.25, -0.2) is 22.9 Å². The van der Waals surface area contributed by atoms with Crippen molar-refractivity contribution in [1.29, 1.82) is 10.5 Å². The number of alkyl halides is 1. The summed E-state index contributed by atoms with van der Waals surface area (Å²) >= 11 is 7.86. The lowest BCUT2D eigenvalue weighted by Crippen LogP contribution is -2.56. The molecule has 22 heteroatoms. The molecule has 0 unspecified atom stereocenters. The van der Waals surface area contributed by atoms with E-state index >= 15 is 8.78 Å². The number of halogens is 4. The van der Waals surface area contributed by atoms with Crippen LogP contribution < -0.4 is 25.7 Å². The van der Waals surface area contributed by atoms with Gasteiger partial charge in [-0.15, -0.1) is 11.3 Å². The van der Waals surface area contributed by atoms with Crippen LogP contribution in [0.5, 0.6) is 11.8 Å². The van der Waals surface area contributed by atoms with Gasteiger partial charge in [0.25, 0.3) is 11.5 Å². The molecule has 0 saturated carbocycles. The normalized spacial score (nSPS) is 21.4. The van der Waals surface area contributed by atoms with E-state index in [0.717, 1.165) is 40.3 Å². The first-order valence-corrected chi connectivity index (χ1v) is 27.2. The molecule has 0 bridgehead atoms. The second kappa shape index (κ2) is 19.5. The van der Waals surface area contributed by atoms with Crippen molar-refractivity contribution in [3.63, 3.8) is 0 Å². The van der Waals surface area contributed by atoms with Gasteiger partial charge in [0.05, 0.1) is 68.4 Å². The molecular weight excluding hydrogens is 1060 g/mol. The van der Waals surface area contributed by atoms with Crippen molar-refractivity contribution < 1.29 is 42.1 Å². The summed E-state index contributed by atoms with van der Waals surface area (Å²) in [5.41, 5.74) is 6.99. The number of aryl methyl sites for hydroxylation is 1. The molecule has 17 nitrogen and oxygen atoms in total. The molecule has 4 aromatic heterocycles. The molecule has 12 rings (SSSR count). The number of thiophene rings is 1. The Morgan fingerprint density at radius 1 is 1.05 bits per heavy atom. The number of nitrogens with zero attached hydrogens (tertiary/aromatic N) is 9. The zero-order valence-corrected chi connectivity index (χ0v) is 44.5. The molecular formula is C57H50ClF3N10O7S. The fraction of sp³-hybridized carbons (Fsp3) is 0.368. The summed E-state index contributed by atoms with van der Waals surface area (Å²) in [4.78, 5) is 60.8. The number of carbonyl (C=O) groups excluding carboxylic acids is 2. The largest absolute Gasteiger partial charge is 0.489 e. The highest BCUT2D eigenvalue weighted by Crippen LogP contribution is 2.47. The van der Waals surface area contributed by atoms with Crippen LogP contribution in [-0.2, 0) is 39.5 Å². The second-order valence-electron chi connectivity index (χ2n) is 20.8. The van der Waals surface area contributed by atoms with Crippen molar-refractivity contribution in [1.82, 2.24) is 29.3 Å². The Morgan fingerprint density at radius 3 is 2.65 bits per heavy atom. The fourth-order valence-electron chi connectivity index (χ4n) is 12.5. The number of ether oxygens (including phenoxy) is 3. The standard InChI is InChI=1S/C57H50ClF3N10O7S/c1-4-32-34-17-31(7-10-42(34)65-47-37(32)24-71-43(47)19-39-38(53(71)73)26-77-54(74)57(39,75)5-2)76-25-28(3)52(72)70-16-15-68(23-30(70)11-13-62)51-35-18-40(58)45(33-8-9-41(60)49-44(33)36(21-63)50(64)79-49)46(61)48(35)66-55(67-51)78-27-56-12-6-14-69(56)22-29(59)20-56/h7-10,17-19,29-30,75H,3-6,11-12,14-16,20,22-27,64H2,1-2H3/t29-,30+,56+,57+/m1/s1. The van der Waals surface area contributed by atoms with E-state index in [1.807, 2.05) is 24.0 Å². The number of hydrogen-bond donors (Lipinski definition) is 2.